The number of ketones is 1. The topological polar surface area (TPSA) is 72.8 Å². The van der Waals surface area contributed by atoms with Crippen LogP contribution in [0.2, 0.25) is 0 Å². The van der Waals surface area contributed by atoms with Crippen LogP contribution in [0.5, 0.6) is 11.5 Å². The van der Waals surface area contributed by atoms with Crippen molar-refractivity contribution in [3.05, 3.63) is 41.5 Å². The number of esters is 1. The van der Waals surface area contributed by atoms with E-state index in [1.165, 1.54) is 26.0 Å². The van der Waals surface area contributed by atoms with Gasteiger partial charge in [0.15, 0.2) is 17.3 Å². The summed E-state index contributed by atoms with van der Waals surface area (Å²) in [7, 11) is 1.53. The Morgan fingerprint density at radius 3 is 2.64 bits per heavy atom. The highest BCUT2D eigenvalue weighted by atomic mass is 16.5. The van der Waals surface area contributed by atoms with Crippen molar-refractivity contribution >= 4 is 17.8 Å². The van der Waals surface area contributed by atoms with Crippen LogP contribution in [-0.4, -0.2) is 30.1 Å². The lowest BCUT2D eigenvalue weighted by molar-refractivity contribution is -0.149. The number of aromatic hydroxyl groups is 1. The van der Waals surface area contributed by atoms with Gasteiger partial charge in [-0.25, -0.2) is 0 Å². The monoisotopic (exact) mass is 492 g/mol. The van der Waals surface area contributed by atoms with E-state index in [4.69, 9.17) is 9.47 Å². The first-order valence-corrected chi connectivity index (χ1v) is 13.6. The second-order valence-corrected chi connectivity index (χ2v) is 12.1. The molecule has 0 bridgehead atoms. The molecule has 194 valence electrons. The van der Waals surface area contributed by atoms with Crippen LogP contribution in [0.25, 0.3) is 6.08 Å². The molecule has 7 atom stereocenters. The first-order chi connectivity index (χ1) is 17.2. The summed E-state index contributed by atoms with van der Waals surface area (Å²) in [4.78, 5) is 25.0. The smallest absolute Gasteiger partial charge is 0.302 e. The SMILES string of the molecule is COc1cc(/C=C/C(=O)C2CCC3C4CC=C5C[C@@H](OC(C)=O)CC[C@]5(C)C4CC[C@]23C)ccc1O. The predicted molar refractivity (Wildman–Crippen MR) is 139 cm³/mol. The van der Waals surface area contributed by atoms with Crippen molar-refractivity contribution < 1.29 is 24.2 Å². The van der Waals surface area contributed by atoms with Crippen LogP contribution in [0.15, 0.2) is 35.9 Å². The van der Waals surface area contributed by atoms with E-state index in [0.717, 1.165) is 50.5 Å². The fraction of sp³-hybridized carbons (Fsp3) is 0.613. The number of ether oxygens (including phenoxy) is 2. The minimum atomic E-state index is -0.174. The third kappa shape index (κ3) is 4.18. The molecule has 4 aliphatic rings. The molecule has 3 saturated carbocycles. The molecule has 3 fully saturated rings. The quantitative estimate of drug-likeness (QED) is 0.289. The van der Waals surface area contributed by atoms with Crippen molar-refractivity contribution in [1.82, 2.24) is 0 Å². The van der Waals surface area contributed by atoms with Gasteiger partial charge in [0.2, 0.25) is 0 Å². The third-order valence-electron chi connectivity index (χ3n) is 10.4. The molecule has 0 aromatic heterocycles. The van der Waals surface area contributed by atoms with Crippen molar-refractivity contribution in [1.29, 1.82) is 0 Å². The highest BCUT2D eigenvalue weighted by Gasteiger charge is 2.59. The summed E-state index contributed by atoms with van der Waals surface area (Å²) in [6.07, 6.45) is 14.5. The number of carbonyl (C=O) groups is 2. The zero-order valence-electron chi connectivity index (χ0n) is 22.1. The Balaban J connectivity index is 1.32. The largest absolute Gasteiger partial charge is 0.504 e. The van der Waals surface area contributed by atoms with E-state index in [0.29, 0.717) is 23.5 Å². The fourth-order valence-corrected chi connectivity index (χ4v) is 8.52. The Kier molecular flexibility index (Phi) is 6.55. The van der Waals surface area contributed by atoms with Crippen molar-refractivity contribution in [2.45, 2.75) is 78.2 Å². The first kappa shape index (κ1) is 25.1. The second kappa shape index (κ2) is 9.39. The van der Waals surface area contributed by atoms with Crippen molar-refractivity contribution in [2.24, 2.45) is 34.5 Å². The number of hydrogen-bond donors (Lipinski definition) is 1. The van der Waals surface area contributed by atoms with Crippen LogP contribution in [0, 0.1) is 34.5 Å². The molecule has 0 spiro atoms. The molecule has 5 heteroatoms. The van der Waals surface area contributed by atoms with Gasteiger partial charge >= 0.3 is 5.97 Å². The molecule has 0 heterocycles. The van der Waals surface area contributed by atoms with Crippen molar-refractivity contribution in [3.8, 4) is 11.5 Å². The summed E-state index contributed by atoms with van der Waals surface area (Å²) in [5, 5.41) is 9.84. The molecule has 5 nitrogen and oxygen atoms in total. The van der Waals surface area contributed by atoms with Crippen LogP contribution >= 0.6 is 0 Å². The van der Waals surface area contributed by atoms with E-state index in [-0.39, 0.29) is 40.4 Å². The van der Waals surface area contributed by atoms with Gasteiger partial charge < -0.3 is 14.6 Å². The van der Waals surface area contributed by atoms with Gasteiger partial charge in [-0.05, 0) is 97.3 Å². The number of hydrogen-bond acceptors (Lipinski definition) is 5. The molecule has 4 unspecified atom stereocenters. The molecule has 0 aliphatic heterocycles. The summed E-state index contributed by atoms with van der Waals surface area (Å²) >= 11 is 0. The number of carbonyl (C=O) groups excluding carboxylic acids is 2. The highest BCUT2D eigenvalue weighted by molar-refractivity contribution is 5.96. The lowest BCUT2D eigenvalue weighted by atomic mass is 9.47. The van der Waals surface area contributed by atoms with E-state index < -0.39 is 0 Å². The van der Waals surface area contributed by atoms with Crippen molar-refractivity contribution in [3.63, 3.8) is 0 Å². The van der Waals surface area contributed by atoms with E-state index in [1.54, 1.807) is 24.3 Å². The third-order valence-corrected chi connectivity index (χ3v) is 10.4. The number of phenols is 1. The maximum absolute atomic E-state index is 13.5. The first-order valence-electron chi connectivity index (χ1n) is 13.6. The zero-order valence-corrected chi connectivity index (χ0v) is 22.1. The molecular formula is C31H40O5. The van der Waals surface area contributed by atoms with Gasteiger partial charge in [-0.2, -0.15) is 0 Å². The summed E-state index contributed by atoms with van der Waals surface area (Å²) in [5.74, 6) is 2.49. The highest BCUT2D eigenvalue weighted by Crippen LogP contribution is 2.66. The molecule has 36 heavy (non-hydrogen) atoms. The number of allylic oxidation sites excluding steroid dienone is 2. The summed E-state index contributed by atoms with van der Waals surface area (Å²) in [6, 6.07) is 5.16. The molecule has 1 aromatic carbocycles. The number of benzene rings is 1. The van der Waals surface area contributed by atoms with Gasteiger partial charge in [0.05, 0.1) is 7.11 Å². The molecular weight excluding hydrogens is 452 g/mol. The minimum absolute atomic E-state index is 0.0288. The maximum atomic E-state index is 13.5. The summed E-state index contributed by atoms with van der Waals surface area (Å²) in [6.45, 7) is 6.34. The van der Waals surface area contributed by atoms with Gasteiger partial charge in [-0.1, -0.05) is 37.6 Å². The van der Waals surface area contributed by atoms with Crippen LogP contribution in [-0.2, 0) is 14.3 Å². The molecule has 0 radical (unpaired) electrons. The Hall–Kier alpha value is -2.56. The molecule has 0 amide bonds. The number of rotatable bonds is 5. The molecule has 1 N–H and O–H groups in total. The number of methoxy groups -OCH3 is 1. The molecule has 4 aliphatic carbocycles. The Morgan fingerprint density at radius 2 is 1.89 bits per heavy atom. The number of phenolic OH excluding ortho intramolecular Hbond substituents is 1. The normalized spacial score (nSPS) is 37.4. The van der Waals surface area contributed by atoms with E-state index >= 15 is 0 Å². The van der Waals surface area contributed by atoms with E-state index in [9.17, 15) is 14.7 Å². The Labute approximate surface area is 214 Å². The van der Waals surface area contributed by atoms with Gasteiger partial charge in [0, 0.05) is 19.3 Å². The van der Waals surface area contributed by atoms with Crippen LogP contribution in [0.4, 0.5) is 0 Å². The fourth-order valence-electron chi connectivity index (χ4n) is 8.52. The second-order valence-electron chi connectivity index (χ2n) is 12.1. The van der Waals surface area contributed by atoms with Gasteiger partial charge in [0.1, 0.15) is 6.10 Å². The molecule has 0 saturated heterocycles. The summed E-state index contributed by atoms with van der Waals surface area (Å²) in [5.41, 5.74) is 2.60. The standard InChI is InChI=1S/C31H40O5/c1-19(32)36-22-13-15-30(2)21(18-22)7-8-23-24-9-10-26(31(24,3)16-14-25(23)30)27(33)11-5-20-6-12-28(34)29(17-20)35-4/h5-7,11-12,17,22-26,34H,8-10,13-16,18H2,1-4H3/b11-5+/t22-,23?,24?,25?,26?,30-,31-/m0/s1. The van der Waals surface area contributed by atoms with E-state index in [1.807, 2.05) is 6.08 Å². The van der Waals surface area contributed by atoms with Crippen LogP contribution < -0.4 is 4.74 Å². The molecule has 1 aromatic rings. The minimum Gasteiger partial charge on any atom is -0.504 e. The Morgan fingerprint density at radius 1 is 1.08 bits per heavy atom. The van der Waals surface area contributed by atoms with Gasteiger partial charge in [0.25, 0.3) is 0 Å². The number of fused-ring (bicyclic) bond motifs is 5. The lowest BCUT2D eigenvalue weighted by Gasteiger charge is -2.58. The van der Waals surface area contributed by atoms with E-state index in [2.05, 4.69) is 19.9 Å². The predicted octanol–water partition coefficient (Wildman–Crippen LogP) is 6.49. The van der Waals surface area contributed by atoms with Gasteiger partial charge in [-0.3, -0.25) is 9.59 Å². The van der Waals surface area contributed by atoms with Crippen LogP contribution in [0.3, 0.4) is 0 Å². The Bertz CT molecular complexity index is 1100. The summed E-state index contributed by atoms with van der Waals surface area (Å²) < 4.78 is 10.8. The maximum Gasteiger partial charge on any atom is 0.302 e. The van der Waals surface area contributed by atoms with Crippen molar-refractivity contribution in [2.75, 3.05) is 7.11 Å². The zero-order chi connectivity index (χ0) is 25.7. The van der Waals surface area contributed by atoms with Gasteiger partial charge in [-0.15, -0.1) is 0 Å². The molecule has 5 rings (SSSR count). The van der Waals surface area contributed by atoms with Crippen LogP contribution in [0.1, 0.15) is 77.7 Å². The average molecular weight is 493 g/mol. The lowest BCUT2D eigenvalue weighted by Crippen LogP contribution is -2.51. The average Bonchev–Trinajstić information content (AvgIpc) is 3.20.